The van der Waals surface area contributed by atoms with Crippen molar-refractivity contribution in [2.75, 3.05) is 17.7 Å². The number of nitrogens with one attached hydrogen (secondary N) is 3. The van der Waals surface area contributed by atoms with Crippen LogP contribution in [-0.4, -0.2) is 44.0 Å². The van der Waals surface area contributed by atoms with E-state index in [1.165, 1.54) is 11.8 Å². The van der Waals surface area contributed by atoms with Gasteiger partial charge in [0, 0.05) is 15.9 Å². The molecular weight excluding hydrogens is 520 g/mol. The zero-order valence-electron chi connectivity index (χ0n) is 18.4. The van der Waals surface area contributed by atoms with Crippen molar-refractivity contribution in [1.29, 1.82) is 5.41 Å². The number of nitrogens with zero attached hydrogens (tertiary/aromatic N) is 3. The summed E-state index contributed by atoms with van der Waals surface area (Å²) in [6, 6.07) is 14.2. The number of ether oxygens (including phenoxy) is 1. The summed E-state index contributed by atoms with van der Waals surface area (Å²) in [5.74, 6) is -0.815. The Morgan fingerprint density at radius 1 is 1.21 bits per heavy atom. The lowest BCUT2D eigenvalue weighted by Crippen LogP contribution is -2.23. The third kappa shape index (κ3) is 4.90. The number of fused-ring (bicyclic) bond motifs is 1. The molecule has 0 aliphatic heterocycles. The van der Waals surface area contributed by atoms with Crippen molar-refractivity contribution < 1.29 is 14.3 Å². The number of aromatic nitrogens is 4. The maximum absolute atomic E-state index is 12.8. The molecule has 0 bridgehead atoms. The van der Waals surface area contributed by atoms with E-state index in [0.717, 1.165) is 15.9 Å². The van der Waals surface area contributed by atoms with Gasteiger partial charge in [0.15, 0.2) is 10.8 Å². The molecule has 0 aliphatic rings. The van der Waals surface area contributed by atoms with Crippen LogP contribution in [0.15, 0.2) is 58.2 Å². The van der Waals surface area contributed by atoms with Crippen LogP contribution in [-0.2, 0) is 9.53 Å². The number of thioether (sulfide) groups is 1. The van der Waals surface area contributed by atoms with E-state index in [0.29, 0.717) is 21.9 Å². The van der Waals surface area contributed by atoms with Crippen molar-refractivity contribution >= 4 is 56.3 Å². The van der Waals surface area contributed by atoms with E-state index in [4.69, 9.17) is 10.1 Å². The third-order valence-corrected chi connectivity index (χ3v) is 6.36. The number of aryl methyl sites for hydroxylation is 1. The Kier molecular flexibility index (Phi) is 7.13. The Balaban J connectivity index is 1.62. The van der Waals surface area contributed by atoms with Crippen LogP contribution >= 0.6 is 27.7 Å². The number of para-hydroxylation sites is 1. The number of halogens is 1. The maximum atomic E-state index is 12.8. The number of carbonyl (C=O) groups is 2. The standard InChI is InChI=1S/C23H21BrN6O3S/c1-3-33-22(32)16-6-4-5-7-17(16)26-18(31)12-34-23-27-21-19(13(2)28-29-21)20(25)30(23)15-10-8-14(24)9-11-15/h4-11,25H,3,12H2,1-2H3,(H,26,31)(H,28,29). The summed E-state index contributed by atoms with van der Waals surface area (Å²) < 4.78 is 7.66. The average molecular weight is 541 g/mol. The van der Waals surface area contributed by atoms with Crippen LogP contribution in [0.4, 0.5) is 5.69 Å². The van der Waals surface area contributed by atoms with Crippen LogP contribution in [0.5, 0.6) is 0 Å². The van der Waals surface area contributed by atoms with Gasteiger partial charge in [-0.25, -0.2) is 9.78 Å². The number of benzene rings is 2. The van der Waals surface area contributed by atoms with Crippen LogP contribution in [0.2, 0.25) is 0 Å². The molecule has 9 nitrogen and oxygen atoms in total. The molecule has 0 fully saturated rings. The van der Waals surface area contributed by atoms with Crippen molar-refractivity contribution in [3.05, 3.63) is 69.7 Å². The van der Waals surface area contributed by atoms with Crippen LogP contribution < -0.4 is 10.8 Å². The summed E-state index contributed by atoms with van der Waals surface area (Å²) in [5.41, 5.74) is 2.76. The fourth-order valence-electron chi connectivity index (χ4n) is 3.35. The minimum Gasteiger partial charge on any atom is -0.462 e. The lowest BCUT2D eigenvalue weighted by atomic mass is 10.2. The molecule has 0 atom stereocenters. The van der Waals surface area contributed by atoms with Crippen molar-refractivity contribution in [2.24, 2.45) is 0 Å². The summed E-state index contributed by atoms with van der Waals surface area (Å²) in [7, 11) is 0. The van der Waals surface area contributed by atoms with Crippen LogP contribution in [0.25, 0.3) is 16.7 Å². The van der Waals surface area contributed by atoms with E-state index >= 15 is 0 Å². The Hall–Kier alpha value is -3.44. The van der Waals surface area contributed by atoms with E-state index in [1.54, 1.807) is 35.8 Å². The van der Waals surface area contributed by atoms with Crippen LogP contribution in [0.3, 0.4) is 0 Å². The summed E-state index contributed by atoms with van der Waals surface area (Å²) in [4.78, 5) is 29.6. The average Bonchev–Trinajstić information content (AvgIpc) is 3.20. The molecule has 174 valence electrons. The fourth-order valence-corrected chi connectivity index (χ4v) is 4.42. The third-order valence-electron chi connectivity index (χ3n) is 4.90. The van der Waals surface area contributed by atoms with Crippen LogP contribution in [0, 0.1) is 12.3 Å². The molecule has 34 heavy (non-hydrogen) atoms. The SMILES string of the molecule is CCOC(=O)c1ccccc1NC(=O)CSc1nc2n[nH]c(C)c2c(=N)n1-c1ccc(Br)cc1. The molecule has 0 aliphatic carbocycles. The van der Waals surface area contributed by atoms with Gasteiger partial charge >= 0.3 is 5.97 Å². The van der Waals surface area contributed by atoms with Crippen LogP contribution in [0.1, 0.15) is 23.0 Å². The normalized spacial score (nSPS) is 10.9. The van der Waals surface area contributed by atoms with Crippen molar-refractivity contribution in [2.45, 2.75) is 19.0 Å². The van der Waals surface area contributed by atoms with Gasteiger partial charge in [-0.3, -0.25) is 19.9 Å². The Morgan fingerprint density at radius 3 is 2.68 bits per heavy atom. The molecule has 4 aromatic rings. The number of aromatic amines is 1. The summed E-state index contributed by atoms with van der Waals surface area (Å²) >= 11 is 4.60. The van der Waals surface area contributed by atoms with Gasteiger partial charge in [-0.05, 0) is 50.2 Å². The van der Waals surface area contributed by atoms with Crippen molar-refractivity contribution in [3.8, 4) is 5.69 Å². The number of esters is 1. The zero-order chi connectivity index (χ0) is 24.2. The first kappa shape index (κ1) is 23.7. The molecule has 3 N–H and O–H groups in total. The van der Waals surface area contributed by atoms with Gasteiger partial charge < -0.3 is 10.1 Å². The number of anilines is 1. The Labute approximate surface area is 207 Å². The lowest BCUT2D eigenvalue weighted by molar-refractivity contribution is -0.113. The smallest absolute Gasteiger partial charge is 0.340 e. The Bertz CT molecular complexity index is 1430. The predicted molar refractivity (Wildman–Crippen MR) is 133 cm³/mol. The minimum atomic E-state index is -0.501. The fraction of sp³-hybridized carbons (Fsp3) is 0.174. The van der Waals surface area contributed by atoms with E-state index in [2.05, 4.69) is 36.4 Å². The van der Waals surface area contributed by atoms with E-state index in [-0.39, 0.29) is 29.3 Å². The molecule has 0 unspecified atom stereocenters. The van der Waals surface area contributed by atoms with Gasteiger partial charge in [0.2, 0.25) is 5.91 Å². The lowest BCUT2D eigenvalue weighted by Gasteiger charge is -2.14. The van der Waals surface area contributed by atoms with Crippen molar-refractivity contribution in [1.82, 2.24) is 19.7 Å². The molecule has 0 radical (unpaired) electrons. The molecule has 0 saturated heterocycles. The monoisotopic (exact) mass is 540 g/mol. The van der Waals surface area contributed by atoms with Gasteiger partial charge in [-0.15, -0.1) is 0 Å². The first-order valence-electron chi connectivity index (χ1n) is 10.4. The first-order valence-corrected chi connectivity index (χ1v) is 12.1. The number of H-pyrrole nitrogens is 1. The number of hydrogen-bond acceptors (Lipinski definition) is 7. The first-order chi connectivity index (χ1) is 16.4. The number of carbonyl (C=O) groups excluding carboxylic acids is 2. The molecule has 2 aromatic heterocycles. The van der Waals surface area contributed by atoms with Gasteiger partial charge in [0.25, 0.3) is 0 Å². The molecular formula is C23H21BrN6O3S. The largest absolute Gasteiger partial charge is 0.462 e. The highest BCUT2D eigenvalue weighted by molar-refractivity contribution is 9.10. The summed E-state index contributed by atoms with van der Waals surface area (Å²) in [5, 5.41) is 19.7. The highest BCUT2D eigenvalue weighted by Crippen LogP contribution is 2.23. The van der Waals surface area contributed by atoms with E-state index < -0.39 is 5.97 Å². The Morgan fingerprint density at radius 2 is 1.94 bits per heavy atom. The van der Waals surface area contributed by atoms with Gasteiger partial charge in [-0.2, -0.15) is 5.10 Å². The van der Waals surface area contributed by atoms with Gasteiger partial charge in [-0.1, -0.05) is 39.8 Å². The molecule has 11 heteroatoms. The maximum Gasteiger partial charge on any atom is 0.340 e. The van der Waals surface area contributed by atoms with Gasteiger partial charge in [0.05, 0.1) is 29.0 Å². The summed E-state index contributed by atoms with van der Waals surface area (Å²) in [6.45, 7) is 3.80. The quantitative estimate of drug-likeness (QED) is 0.183. The van der Waals surface area contributed by atoms with E-state index in [9.17, 15) is 9.59 Å². The molecule has 2 aromatic carbocycles. The minimum absolute atomic E-state index is 0.00897. The number of amides is 1. The molecule has 2 heterocycles. The number of rotatable bonds is 7. The second-order valence-corrected chi connectivity index (χ2v) is 9.06. The molecule has 0 spiro atoms. The molecule has 1 amide bonds. The van der Waals surface area contributed by atoms with E-state index in [1.807, 2.05) is 31.2 Å². The molecule has 0 saturated carbocycles. The highest BCUT2D eigenvalue weighted by Gasteiger charge is 2.18. The second-order valence-electron chi connectivity index (χ2n) is 7.20. The number of hydrogen-bond donors (Lipinski definition) is 3. The summed E-state index contributed by atoms with van der Waals surface area (Å²) in [6.07, 6.45) is 0. The highest BCUT2D eigenvalue weighted by atomic mass is 79.9. The predicted octanol–water partition coefficient (Wildman–Crippen LogP) is 4.21. The zero-order valence-corrected chi connectivity index (χ0v) is 20.8. The molecule has 4 rings (SSSR count). The van der Waals surface area contributed by atoms with Gasteiger partial charge in [0.1, 0.15) is 5.49 Å². The van der Waals surface area contributed by atoms with Crippen molar-refractivity contribution in [3.63, 3.8) is 0 Å². The second kappa shape index (κ2) is 10.2. The topological polar surface area (TPSA) is 126 Å².